The first-order chi connectivity index (χ1) is 18.3. The van der Waals surface area contributed by atoms with Crippen molar-refractivity contribution in [1.29, 1.82) is 0 Å². The smallest absolute Gasteiger partial charge is 0.106 e. The summed E-state index contributed by atoms with van der Waals surface area (Å²) in [5.41, 5.74) is 5.36. The molecule has 2 aromatic rings. The van der Waals surface area contributed by atoms with E-state index in [-0.39, 0.29) is 12.2 Å². The van der Waals surface area contributed by atoms with E-state index < -0.39 is 0 Å². The molecular formula is C35H52O2. The van der Waals surface area contributed by atoms with Crippen molar-refractivity contribution in [2.45, 2.75) is 128 Å². The lowest BCUT2D eigenvalue weighted by molar-refractivity contribution is -0.137. The van der Waals surface area contributed by atoms with E-state index in [0.717, 1.165) is 24.9 Å². The quantitative estimate of drug-likeness (QED) is 0.238. The number of unbranched alkanes of at least 4 members (excludes halogenated alkanes) is 7. The lowest BCUT2D eigenvalue weighted by Crippen LogP contribution is -2.31. The van der Waals surface area contributed by atoms with Gasteiger partial charge in [-0.2, -0.15) is 0 Å². The van der Waals surface area contributed by atoms with Gasteiger partial charge in [0, 0.05) is 0 Å². The lowest BCUT2D eigenvalue weighted by atomic mass is 9.77. The normalized spacial score (nSPS) is 24.3. The van der Waals surface area contributed by atoms with Gasteiger partial charge in [0.25, 0.3) is 0 Å². The number of ether oxygens (including phenoxy) is 2. The van der Waals surface area contributed by atoms with Crippen LogP contribution in [0.3, 0.4) is 0 Å². The highest BCUT2D eigenvalue weighted by atomic mass is 16.6. The molecule has 4 rings (SSSR count). The van der Waals surface area contributed by atoms with Crippen molar-refractivity contribution >= 4 is 0 Å². The molecule has 0 amide bonds. The van der Waals surface area contributed by atoms with E-state index in [4.69, 9.17) is 9.47 Å². The predicted molar refractivity (Wildman–Crippen MR) is 157 cm³/mol. The molecular weight excluding hydrogens is 452 g/mol. The minimum atomic E-state index is 0.0644. The van der Waals surface area contributed by atoms with E-state index in [1.165, 1.54) is 112 Å². The summed E-state index contributed by atoms with van der Waals surface area (Å²) >= 11 is 0. The van der Waals surface area contributed by atoms with Crippen molar-refractivity contribution in [3.63, 3.8) is 0 Å². The first-order valence-corrected chi connectivity index (χ1v) is 15.7. The molecule has 1 aliphatic carbocycles. The van der Waals surface area contributed by atoms with Crippen molar-refractivity contribution in [3.05, 3.63) is 59.7 Å². The molecule has 2 nitrogen and oxygen atoms in total. The van der Waals surface area contributed by atoms with Gasteiger partial charge in [0.1, 0.15) is 6.10 Å². The fraction of sp³-hybridized carbons (Fsp3) is 0.657. The standard InChI is InChI=1S/C35H52O2/c1-3-5-7-9-11-13-34-26-37-35(27-36-34)33-24-22-32(23-25-33)31-20-18-30(19-21-31)29-16-14-28(15-17-29)12-10-8-6-4-2/h18-25,28-29,34-35H,3-17,26-27H2,1-2H3. The van der Waals surface area contributed by atoms with Crippen molar-refractivity contribution < 1.29 is 9.47 Å². The third kappa shape index (κ3) is 8.96. The highest BCUT2D eigenvalue weighted by molar-refractivity contribution is 5.64. The third-order valence-electron chi connectivity index (χ3n) is 8.91. The second-order valence-corrected chi connectivity index (χ2v) is 11.8. The second-order valence-electron chi connectivity index (χ2n) is 11.8. The van der Waals surface area contributed by atoms with Crippen molar-refractivity contribution in [2.24, 2.45) is 5.92 Å². The van der Waals surface area contributed by atoms with E-state index in [1.54, 1.807) is 0 Å². The summed E-state index contributed by atoms with van der Waals surface area (Å²) in [7, 11) is 0. The molecule has 37 heavy (non-hydrogen) atoms. The Balaban J connectivity index is 1.20. The average molecular weight is 505 g/mol. The van der Waals surface area contributed by atoms with Crippen LogP contribution in [0.4, 0.5) is 0 Å². The zero-order valence-electron chi connectivity index (χ0n) is 23.8. The van der Waals surface area contributed by atoms with Crippen LogP contribution < -0.4 is 0 Å². The third-order valence-corrected chi connectivity index (χ3v) is 8.91. The van der Waals surface area contributed by atoms with Gasteiger partial charge < -0.3 is 9.47 Å². The molecule has 2 fully saturated rings. The zero-order valence-corrected chi connectivity index (χ0v) is 23.8. The maximum Gasteiger partial charge on any atom is 0.106 e. The highest BCUT2D eigenvalue weighted by Crippen LogP contribution is 2.38. The molecule has 1 heterocycles. The molecule has 2 unspecified atom stereocenters. The topological polar surface area (TPSA) is 18.5 Å². The van der Waals surface area contributed by atoms with Gasteiger partial charge in [0.15, 0.2) is 0 Å². The Hall–Kier alpha value is -1.64. The Morgan fingerprint density at radius 1 is 0.568 bits per heavy atom. The molecule has 2 atom stereocenters. The van der Waals surface area contributed by atoms with Gasteiger partial charge in [-0.1, -0.05) is 127 Å². The monoisotopic (exact) mass is 504 g/mol. The van der Waals surface area contributed by atoms with Crippen molar-refractivity contribution in [2.75, 3.05) is 13.2 Å². The van der Waals surface area contributed by atoms with Gasteiger partial charge in [-0.3, -0.25) is 0 Å². The molecule has 2 heteroatoms. The second kappa shape index (κ2) is 15.7. The summed E-state index contributed by atoms with van der Waals surface area (Å²) in [6.45, 7) is 5.97. The van der Waals surface area contributed by atoms with Gasteiger partial charge >= 0.3 is 0 Å². The summed E-state index contributed by atoms with van der Waals surface area (Å²) < 4.78 is 12.3. The molecule has 2 aromatic carbocycles. The molecule has 0 N–H and O–H groups in total. The lowest BCUT2D eigenvalue weighted by Gasteiger charge is -2.30. The minimum Gasteiger partial charge on any atom is -0.373 e. The number of rotatable bonds is 14. The van der Waals surface area contributed by atoms with E-state index in [1.807, 2.05) is 0 Å². The van der Waals surface area contributed by atoms with Crippen LogP contribution in [0.25, 0.3) is 11.1 Å². The van der Waals surface area contributed by atoms with E-state index in [2.05, 4.69) is 62.4 Å². The number of benzene rings is 2. The molecule has 2 aliphatic rings. The molecule has 0 radical (unpaired) electrons. The van der Waals surface area contributed by atoms with Crippen LogP contribution in [-0.2, 0) is 9.47 Å². The van der Waals surface area contributed by atoms with E-state index in [9.17, 15) is 0 Å². The van der Waals surface area contributed by atoms with Crippen molar-refractivity contribution in [1.82, 2.24) is 0 Å². The summed E-state index contributed by atoms with van der Waals surface area (Å²) in [6, 6.07) is 18.4. The van der Waals surface area contributed by atoms with Crippen LogP contribution >= 0.6 is 0 Å². The van der Waals surface area contributed by atoms with Gasteiger partial charge in [-0.15, -0.1) is 0 Å². The highest BCUT2D eigenvalue weighted by Gasteiger charge is 2.24. The predicted octanol–water partition coefficient (Wildman–Crippen LogP) is 10.4. The molecule has 1 saturated carbocycles. The van der Waals surface area contributed by atoms with Gasteiger partial charge in [-0.05, 0) is 66.2 Å². The Morgan fingerprint density at radius 2 is 1.14 bits per heavy atom. The Bertz CT molecular complexity index is 855. The van der Waals surface area contributed by atoms with Gasteiger partial charge in [-0.25, -0.2) is 0 Å². The van der Waals surface area contributed by atoms with Crippen LogP contribution in [0.5, 0.6) is 0 Å². The molecule has 0 bridgehead atoms. The average Bonchev–Trinajstić information content (AvgIpc) is 2.96. The van der Waals surface area contributed by atoms with E-state index >= 15 is 0 Å². The number of hydrogen-bond donors (Lipinski definition) is 0. The van der Waals surface area contributed by atoms with Crippen LogP contribution in [0.2, 0.25) is 0 Å². The van der Waals surface area contributed by atoms with Gasteiger partial charge in [0.05, 0.1) is 19.3 Å². The summed E-state index contributed by atoms with van der Waals surface area (Å²) in [4.78, 5) is 0. The van der Waals surface area contributed by atoms with Crippen molar-refractivity contribution in [3.8, 4) is 11.1 Å². The van der Waals surface area contributed by atoms with Crippen LogP contribution in [0.15, 0.2) is 48.5 Å². The molecule has 1 aliphatic heterocycles. The fourth-order valence-electron chi connectivity index (χ4n) is 6.36. The SMILES string of the molecule is CCCCCCCC1COC(c2ccc(-c3ccc(C4CCC(CCCCCC)CC4)cc3)cc2)CO1. The maximum atomic E-state index is 6.20. The van der Waals surface area contributed by atoms with Crippen LogP contribution in [-0.4, -0.2) is 19.3 Å². The minimum absolute atomic E-state index is 0.0644. The van der Waals surface area contributed by atoms with E-state index in [0.29, 0.717) is 6.61 Å². The number of hydrogen-bond acceptors (Lipinski definition) is 2. The Morgan fingerprint density at radius 3 is 1.73 bits per heavy atom. The maximum absolute atomic E-state index is 6.20. The largest absolute Gasteiger partial charge is 0.373 e. The molecule has 204 valence electrons. The Labute approximate surface area is 227 Å². The fourth-order valence-corrected chi connectivity index (χ4v) is 6.36. The first-order valence-electron chi connectivity index (χ1n) is 15.7. The summed E-state index contributed by atoms with van der Waals surface area (Å²) in [6.07, 6.45) is 20.7. The van der Waals surface area contributed by atoms with Crippen LogP contribution in [0, 0.1) is 5.92 Å². The molecule has 0 spiro atoms. The van der Waals surface area contributed by atoms with Crippen LogP contribution in [0.1, 0.15) is 133 Å². The molecule has 1 saturated heterocycles. The zero-order chi connectivity index (χ0) is 25.7. The molecule has 0 aromatic heterocycles. The first kappa shape index (κ1) is 28.4. The summed E-state index contributed by atoms with van der Waals surface area (Å²) in [5.74, 6) is 1.73. The van der Waals surface area contributed by atoms with Gasteiger partial charge in [0.2, 0.25) is 0 Å². The Kier molecular flexibility index (Phi) is 12.0. The summed E-state index contributed by atoms with van der Waals surface area (Å²) in [5, 5.41) is 0.